The van der Waals surface area contributed by atoms with Crippen LogP contribution in [0.15, 0.2) is 60.7 Å². The van der Waals surface area contributed by atoms with E-state index in [2.05, 4.69) is 41.0 Å². The van der Waals surface area contributed by atoms with Gasteiger partial charge in [-0.2, -0.15) is 0 Å². The molecule has 0 saturated carbocycles. The van der Waals surface area contributed by atoms with E-state index >= 15 is 0 Å². The molecule has 0 radical (unpaired) electrons. The average molecular weight is 1090 g/mol. The van der Waals surface area contributed by atoms with E-state index in [1.54, 1.807) is 52.0 Å². The number of nitrogens with zero attached hydrogens (tertiary/aromatic N) is 2. The molecule has 3 fully saturated rings. The van der Waals surface area contributed by atoms with E-state index in [1.165, 1.54) is 14.0 Å². The molecule has 2 aromatic carbocycles. The molecule has 0 aliphatic carbocycles. The van der Waals surface area contributed by atoms with E-state index in [0.717, 1.165) is 37.8 Å². The average Bonchev–Trinajstić information content (AvgIpc) is 3.77. The molecule has 1 aromatic heterocycles. The Morgan fingerprint density at radius 2 is 1.58 bits per heavy atom. The summed E-state index contributed by atoms with van der Waals surface area (Å²) in [5.74, 6) is -3.17. The van der Waals surface area contributed by atoms with Crippen molar-refractivity contribution >= 4 is 40.7 Å². The van der Waals surface area contributed by atoms with E-state index < -0.39 is 96.0 Å². The molecule has 0 spiro atoms. The van der Waals surface area contributed by atoms with Gasteiger partial charge in [-0.3, -0.25) is 14.5 Å². The molecule has 4 aliphatic heterocycles. The van der Waals surface area contributed by atoms with Gasteiger partial charge in [-0.1, -0.05) is 57.2 Å². The quantitative estimate of drug-likeness (QED) is 0.0409. The standard InChI is InChI=1S/C59H88N4O13S/c1-14-46-59(10,70)52(66)37(6)63(27-19-26-60-47(64)25-24-39-29-42-40-20-15-17-22-43(40)61-44-23-18-16-21-41(44)51(42)77-39)32-33(2)30-57(8,69)54(76-56-49(65)45(62(11)12)28-34(3)72-56)35(4)50(36(5)55(68)74-46)75-48-31-58(9,71-13)53(67)38(7)73-48/h15-18,20-25,29,33-38,45-46,48-50,52-54,56,61,65-67,69-70H,14,19,26-28,30-32H2,1-13H3,(H,60,64)/b25-24+/t33-,34-,35+,36-,37-,38-,45+,46-,48-,49-,50+,52-,53+,54-,56+,57-,58-,59-/m1/s1. The van der Waals surface area contributed by atoms with E-state index in [4.69, 9.17) is 28.4 Å². The number of benzene rings is 2. The van der Waals surface area contributed by atoms with Gasteiger partial charge in [0.05, 0.1) is 41.5 Å². The van der Waals surface area contributed by atoms with Crippen LogP contribution in [0.2, 0.25) is 0 Å². The van der Waals surface area contributed by atoms with Crippen molar-refractivity contribution in [2.24, 2.45) is 17.8 Å². The van der Waals surface area contributed by atoms with Crippen LogP contribution in [-0.4, -0.2) is 178 Å². The van der Waals surface area contributed by atoms with E-state index in [0.29, 0.717) is 32.5 Å². The molecule has 3 saturated heterocycles. The smallest absolute Gasteiger partial charge is 0.311 e. The number of carbonyl (C=O) groups is 2. The largest absolute Gasteiger partial charge is 0.459 e. The van der Waals surface area contributed by atoms with Gasteiger partial charge in [0.2, 0.25) is 5.91 Å². The number of hydrogen-bond donors (Lipinski definition) is 7. The Morgan fingerprint density at radius 1 is 0.922 bits per heavy atom. The maximum atomic E-state index is 14.7. The fourth-order valence-electron chi connectivity index (χ4n) is 12.3. The SMILES string of the molecule is CC[C@H]1OC(=O)[C@H](C)[C@@H](O[C@@H]2C[C@@](C)(OC)[C@@H](O)[C@@H](C)O2)[C@H](C)[C@@H](O[C@@H]2O[C@H](C)C[C@H](N(C)C)[C@H]2O)[C@](C)(O)C[C@@H](C)CN(CCCNC(=O)/C=C/c2cc3c(s2)-c2ccccc2Nc2ccccc2-3)[C@H](C)[C@@H](O)[C@]1(C)O. The highest BCUT2D eigenvalue weighted by Crippen LogP contribution is 2.49. The minimum Gasteiger partial charge on any atom is -0.459 e. The summed E-state index contributed by atoms with van der Waals surface area (Å²) in [6.45, 7) is 18.6. The van der Waals surface area contributed by atoms with Crippen molar-refractivity contribution in [3.63, 3.8) is 0 Å². The number of rotatable bonds is 13. The van der Waals surface area contributed by atoms with Crippen molar-refractivity contribution in [1.82, 2.24) is 15.1 Å². The van der Waals surface area contributed by atoms with Gasteiger partial charge in [-0.05, 0) is 118 Å². The highest BCUT2D eigenvalue weighted by molar-refractivity contribution is 7.17. The lowest BCUT2D eigenvalue weighted by molar-refractivity contribution is -0.318. The number of ether oxygens (including phenoxy) is 6. The molecular weight excluding hydrogens is 1000 g/mol. The fraction of sp³-hybridized carbons (Fsp3) is 0.661. The first-order chi connectivity index (χ1) is 36.3. The van der Waals surface area contributed by atoms with Crippen LogP contribution in [0.3, 0.4) is 0 Å². The third-order valence-corrected chi connectivity index (χ3v) is 17.9. The number of thiophene rings is 1. The second-order valence-electron chi connectivity index (χ2n) is 23.3. The Bertz CT molecular complexity index is 2420. The summed E-state index contributed by atoms with van der Waals surface area (Å²) in [6, 6.07) is 17.5. The van der Waals surface area contributed by atoms with Crippen LogP contribution in [0.25, 0.3) is 27.6 Å². The van der Waals surface area contributed by atoms with Crippen molar-refractivity contribution in [1.29, 1.82) is 0 Å². The lowest BCUT2D eigenvalue weighted by atomic mass is 9.77. The van der Waals surface area contributed by atoms with Crippen LogP contribution in [0, 0.1) is 17.8 Å². The number of aliphatic hydroxyl groups excluding tert-OH is 3. The van der Waals surface area contributed by atoms with Gasteiger partial charge >= 0.3 is 5.97 Å². The molecule has 1 amide bonds. The first-order valence-corrected chi connectivity index (χ1v) is 28.4. The van der Waals surface area contributed by atoms with Gasteiger partial charge in [-0.15, -0.1) is 11.3 Å². The molecule has 0 bridgehead atoms. The van der Waals surface area contributed by atoms with E-state index in [9.17, 15) is 35.1 Å². The highest BCUT2D eigenvalue weighted by atomic mass is 32.1. The second-order valence-corrected chi connectivity index (χ2v) is 24.4. The van der Waals surface area contributed by atoms with Crippen molar-refractivity contribution in [2.75, 3.05) is 46.2 Å². The van der Waals surface area contributed by atoms with Gasteiger partial charge in [0.1, 0.15) is 30.0 Å². The maximum absolute atomic E-state index is 14.7. The summed E-state index contributed by atoms with van der Waals surface area (Å²) in [5, 5.41) is 67.0. The number of aliphatic hydroxyl groups is 5. The topological polar surface area (TPSA) is 221 Å². The number of fused-ring (bicyclic) bond motifs is 5. The van der Waals surface area contributed by atoms with Crippen LogP contribution in [0.4, 0.5) is 11.4 Å². The zero-order valence-electron chi connectivity index (χ0n) is 47.5. The number of nitrogens with one attached hydrogen (secondary N) is 2. The normalized spacial score (nSPS) is 37.6. The van der Waals surface area contributed by atoms with Crippen molar-refractivity contribution in [3.05, 3.63) is 65.6 Å². The molecule has 18 heteroatoms. The number of carbonyl (C=O) groups excluding carboxylic acids is 2. The Labute approximate surface area is 460 Å². The third-order valence-electron chi connectivity index (χ3n) is 16.8. The molecule has 0 unspecified atom stereocenters. The summed E-state index contributed by atoms with van der Waals surface area (Å²) in [5.41, 5.74) is 0.638. The van der Waals surface area contributed by atoms with Crippen LogP contribution in [0.5, 0.6) is 0 Å². The Kier molecular flexibility index (Phi) is 20.0. The second kappa shape index (κ2) is 25.3. The molecular formula is C59H88N4O13S. The predicted octanol–water partition coefficient (Wildman–Crippen LogP) is 6.94. The van der Waals surface area contributed by atoms with Crippen molar-refractivity contribution < 1.29 is 63.5 Å². The minimum absolute atomic E-state index is 0.0958. The highest BCUT2D eigenvalue weighted by Gasteiger charge is 2.53. The lowest BCUT2D eigenvalue weighted by Gasteiger charge is -2.48. The Balaban J connectivity index is 1.14. The van der Waals surface area contributed by atoms with Gasteiger partial charge in [-0.25, -0.2) is 0 Å². The molecule has 7 rings (SSSR count). The number of amides is 1. The Hall–Kier alpha value is -3.86. The zero-order chi connectivity index (χ0) is 56.3. The first kappa shape index (κ1) is 60.8. The third kappa shape index (κ3) is 13.7. The van der Waals surface area contributed by atoms with E-state index in [-0.39, 0.29) is 43.2 Å². The number of methoxy groups -OCH3 is 1. The van der Waals surface area contributed by atoms with Gasteiger partial charge in [0, 0.05) is 95.1 Å². The zero-order valence-corrected chi connectivity index (χ0v) is 48.3. The summed E-state index contributed by atoms with van der Waals surface area (Å²) < 4.78 is 38.3. The molecule has 4 aliphatic rings. The summed E-state index contributed by atoms with van der Waals surface area (Å²) in [7, 11) is 5.27. The lowest BCUT2D eigenvalue weighted by Crippen LogP contribution is -2.60. The van der Waals surface area contributed by atoms with Crippen LogP contribution < -0.4 is 10.6 Å². The first-order valence-electron chi connectivity index (χ1n) is 27.6. The molecule has 428 valence electrons. The number of esters is 1. The minimum atomic E-state index is -1.93. The number of anilines is 2. The fourth-order valence-corrected chi connectivity index (χ4v) is 13.4. The van der Waals surface area contributed by atoms with Crippen molar-refractivity contribution in [3.8, 4) is 21.6 Å². The van der Waals surface area contributed by atoms with Crippen LogP contribution in [-0.2, 0) is 38.0 Å². The maximum Gasteiger partial charge on any atom is 0.311 e. The Morgan fingerprint density at radius 3 is 2.25 bits per heavy atom. The van der Waals surface area contributed by atoms with Crippen LogP contribution >= 0.6 is 11.3 Å². The van der Waals surface area contributed by atoms with Crippen molar-refractivity contribution in [2.45, 2.75) is 192 Å². The number of para-hydroxylation sites is 2. The van der Waals surface area contributed by atoms with E-state index in [1.807, 2.05) is 81.9 Å². The van der Waals surface area contributed by atoms with Gasteiger partial charge in [0.25, 0.3) is 0 Å². The van der Waals surface area contributed by atoms with Crippen LogP contribution in [0.1, 0.15) is 106 Å². The molecule has 3 aromatic rings. The summed E-state index contributed by atoms with van der Waals surface area (Å²) in [4.78, 5) is 34.1. The molecule has 5 heterocycles. The van der Waals surface area contributed by atoms with Gasteiger partial charge < -0.3 is 69.5 Å². The number of likely N-dealkylation sites (N-methyl/N-ethyl adjacent to an activating group) is 1. The molecule has 77 heavy (non-hydrogen) atoms. The number of cyclic esters (lactones) is 1. The number of hydrogen-bond acceptors (Lipinski definition) is 17. The summed E-state index contributed by atoms with van der Waals surface area (Å²) >= 11 is 1.62. The monoisotopic (exact) mass is 1090 g/mol. The van der Waals surface area contributed by atoms with Gasteiger partial charge in [0.15, 0.2) is 12.6 Å². The predicted molar refractivity (Wildman–Crippen MR) is 298 cm³/mol. The molecule has 17 nitrogen and oxygen atoms in total. The summed E-state index contributed by atoms with van der Waals surface area (Å²) in [6.07, 6.45) is -5.28. The molecule has 18 atom stereocenters. The molecule has 7 N–H and O–H groups in total.